The molecule has 2 heterocycles. The third-order valence-electron chi connectivity index (χ3n) is 3.83. The molecule has 1 fully saturated rings. The van der Waals surface area contributed by atoms with Crippen molar-refractivity contribution in [3.63, 3.8) is 0 Å². The number of rotatable bonds is 0. The van der Waals surface area contributed by atoms with E-state index in [-0.39, 0.29) is 0 Å². The number of hydrogen-bond donors (Lipinski definition) is 0. The van der Waals surface area contributed by atoms with E-state index in [4.69, 9.17) is 4.99 Å². The van der Waals surface area contributed by atoms with Gasteiger partial charge in [-0.15, -0.1) is 0 Å². The van der Waals surface area contributed by atoms with Crippen LogP contribution in [0.5, 0.6) is 0 Å². The second-order valence-corrected chi connectivity index (χ2v) is 4.92. The van der Waals surface area contributed by atoms with Crippen LogP contribution < -0.4 is 0 Å². The first kappa shape index (κ1) is 9.88. The van der Waals surface area contributed by atoms with Crippen molar-refractivity contribution in [3.05, 3.63) is 28.8 Å². The number of benzene rings is 1. The predicted octanol–water partition coefficient (Wildman–Crippen LogP) is 3.33. The Labute approximate surface area is 97.0 Å². The van der Waals surface area contributed by atoms with Gasteiger partial charge >= 0.3 is 0 Å². The van der Waals surface area contributed by atoms with Crippen molar-refractivity contribution in [3.8, 4) is 0 Å². The van der Waals surface area contributed by atoms with Gasteiger partial charge in [-0.1, -0.05) is 12.1 Å². The van der Waals surface area contributed by atoms with E-state index in [1.807, 2.05) is 0 Å². The molecule has 2 heteroatoms. The standard InChI is InChI=1S/C14H18N2/c1-10-6-7-12-9-16-8-4-3-5-13(16)15-14(12)11(10)2/h6-7H,3-5,8-9H2,1-2H3. The van der Waals surface area contributed by atoms with Crippen LogP contribution in [0.15, 0.2) is 17.1 Å². The molecule has 84 valence electrons. The smallest absolute Gasteiger partial charge is 0.105 e. The summed E-state index contributed by atoms with van der Waals surface area (Å²) in [5.41, 5.74) is 5.35. The van der Waals surface area contributed by atoms with Gasteiger partial charge in [0.15, 0.2) is 0 Å². The summed E-state index contributed by atoms with van der Waals surface area (Å²) >= 11 is 0. The highest BCUT2D eigenvalue weighted by molar-refractivity contribution is 5.88. The van der Waals surface area contributed by atoms with Crippen molar-refractivity contribution in [2.24, 2.45) is 4.99 Å². The number of hydrogen-bond acceptors (Lipinski definition) is 2. The van der Waals surface area contributed by atoms with E-state index in [0.717, 1.165) is 13.0 Å². The van der Waals surface area contributed by atoms with Gasteiger partial charge in [0, 0.05) is 19.5 Å². The first-order valence-corrected chi connectivity index (χ1v) is 6.17. The van der Waals surface area contributed by atoms with E-state index in [1.54, 1.807) is 0 Å². The van der Waals surface area contributed by atoms with Crippen LogP contribution >= 0.6 is 0 Å². The Morgan fingerprint density at radius 1 is 1.19 bits per heavy atom. The second kappa shape index (κ2) is 3.62. The summed E-state index contributed by atoms with van der Waals surface area (Å²) in [6, 6.07) is 4.46. The molecule has 16 heavy (non-hydrogen) atoms. The summed E-state index contributed by atoms with van der Waals surface area (Å²) in [5.74, 6) is 1.31. The first-order valence-electron chi connectivity index (χ1n) is 6.17. The third-order valence-corrected chi connectivity index (χ3v) is 3.83. The number of aryl methyl sites for hydroxylation is 1. The van der Waals surface area contributed by atoms with Crippen molar-refractivity contribution in [2.75, 3.05) is 6.54 Å². The minimum absolute atomic E-state index is 1.06. The zero-order valence-electron chi connectivity index (χ0n) is 10.1. The quantitative estimate of drug-likeness (QED) is 0.646. The summed E-state index contributed by atoms with van der Waals surface area (Å²) in [4.78, 5) is 7.32. The average molecular weight is 214 g/mol. The summed E-state index contributed by atoms with van der Waals surface area (Å²) < 4.78 is 0. The van der Waals surface area contributed by atoms with Crippen LogP contribution in [0.2, 0.25) is 0 Å². The minimum atomic E-state index is 1.06. The fraction of sp³-hybridized carbons (Fsp3) is 0.500. The molecule has 2 aliphatic heterocycles. The molecule has 2 aliphatic rings. The highest BCUT2D eigenvalue weighted by Gasteiger charge is 2.23. The maximum atomic E-state index is 4.87. The molecule has 0 aromatic heterocycles. The fourth-order valence-corrected chi connectivity index (χ4v) is 2.64. The van der Waals surface area contributed by atoms with E-state index in [0.29, 0.717) is 0 Å². The molecule has 0 radical (unpaired) electrons. The zero-order chi connectivity index (χ0) is 11.1. The summed E-state index contributed by atoms with van der Waals surface area (Å²) in [6.07, 6.45) is 3.78. The molecule has 1 saturated heterocycles. The van der Waals surface area contributed by atoms with Crippen molar-refractivity contribution in [1.82, 2.24) is 4.90 Å². The number of amidine groups is 1. The van der Waals surface area contributed by atoms with Crippen molar-refractivity contribution in [2.45, 2.75) is 39.7 Å². The number of aliphatic imine (C=N–C) groups is 1. The molecule has 1 aromatic carbocycles. The van der Waals surface area contributed by atoms with Crippen LogP contribution in [0.1, 0.15) is 36.0 Å². The Hall–Kier alpha value is -1.31. The number of fused-ring (bicyclic) bond motifs is 2. The van der Waals surface area contributed by atoms with E-state index in [1.165, 1.54) is 47.6 Å². The van der Waals surface area contributed by atoms with Crippen LogP contribution in [0.3, 0.4) is 0 Å². The monoisotopic (exact) mass is 214 g/mol. The Morgan fingerprint density at radius 3 is 2.94 bits per heavy atom. The molecule has 2 nitrogen and oxygen atoms in total. The largest absolute Gasteiger partial charge is 0.356 e. The Morgan fingerprint density at radius 2 is 2.06 bits per heavy atom. The third kappa shape index (κ3) is 1.44. The maximum absolute atomic E-state index is 4.87. The SMILES string of the molecule is Cc1ccc2c(c1C)N=C1CCCCN1C2. The predicted molar refractivity (Wildman–Crippen MR) is 67.3 cm³/mol. The van der Waals surface area contributed by atoms with Gasteiger partial charge in [0.1, 0.15) is 5.84 Å². The maximum Gasteiger partial charge on any atom is 0.105 e. The molecule has 0 unspecified atom stereocenters. The molecule has 0 bridgehead atoms. The molecule has 1 aromatic rings. The molecular formula is C14H18N2. The van der Waals surface area contributed by atoms with Gasteiger partial charge in [0.2, 0.25) is 0 Å². The van der Waals surface area contributed by atoms with E-state index in [9.17, 15) is 0 Å². The van der Waals surface area contributed by atoms with Gasteiger partial charge in [0.25, 0.3) is 0 Å². The lowest BCUT2D eigenvalue weighted by atomic mass is 9.99. The fourth-order valence-electron chi connectivity index (χ4n) is 2.64. The van der Waals surface area contributed by atoms with Crippen LogP contribution in [0.25, 0.3) is 0 Å². The molecule has 0 saturated carbocycles. The molecule has 0 spiro atoms. The van der Waals surface area contributed by atoms with Crippen LogP contribution in [-0.2, 0) is 6.54 Å². The Kier molecular flexibility index (Phi) is 2.23. The van der Waals surface area contributed by atoms with Gasteiger partial charge in [-0.25, -0.2) is 4.99 Å². The first-order chi connectivity index (χ1) is 7.75. The molecule has 3 rings (SSSR count). The lowest BCUT2D eigenvalue weighted by Gasteiger charge is -2.34. The normalized spacial score (nSPS) is 18.9. The van der Waals surface area contributed by atoms with Crippen LogP contribution in [0.4, 0.5) is 5.69 Å². The molecule has 0 atom stereocenters. The van der Waals surface area contributed by atoms with Gasteiger partial charge in [-0.3, -0.25) is 0 Å². The number of piperidine rings is 1. The van der Waals surface area contributed by atoms with Gasteiger partial charge in [0.05, 0.1) is 5.69 Å². The lowest BCUT2D eigenvalue weighted by molar-refractivity contribution is 0.359. The van der Waals surface area contributed by atoms with Crippen molar-refractivity contribution >= 4 is 11.5 Å². The van der Waals surface area contributed by atoms with E-state index >= 15 is 0 Å². The van der Waals surface area contributed by atoms with E-state index < -0.39 is 0 Å². The lowest BCUT2D eigenvalue weighted by Crippen LogP contribution is -2.36. The molecular weight excluding hydrogens is 196 g/mol. The van der Waals surface area contributed by atoms with Crippen LogP contribution in [-0.4, -0.2) is 17.3 Å². The summed E-state index contributed by atoms with van der Waals surface area (Å²) in [7, 11) is 0. The van der Waals surface area contributed by atoms with Crippen molar-refractivity contribution < 1.29 is 0 Å². The average Bonchev–Trinajstić information content (AvgIpc) is 2.32. The highest BCUT2D eigenvalue weighted by atomic mass is 15.2. The minimum Gasteiger partial charge on any atom is -0.356 e. The number of nitrogens with zero attached hydrogens (tertiary/aromatic N) is 2. The Bertz CT molecular complexity index is 460. The topological polar surface area (TPSA) is 15.6 Å². The zero-order valence-corrected chi connectivity index (χ0v) is 10.1. The second-order valence-electron chi connectivity index (χ2n) is 4.92. The van der Waals surface area contributed by atoms with Crippen molar-refractivity contribution in [1.29, 1.82) is 0 Å². The molecule has 0 aliphatic carbocycles. The summed E-state index contributed by atoms with van der Waals surface area (Å²) in [5, 5.41) is 0. The van der Waals surface area contributed by atoms with Crippen LogP contribution in [0, 0.1) is 13.8 Å². The Balaban J connectivity index is 2.10. The van der Waals surface area contributed by atoms with Gasteiger partial charge in [-0.05, 0) is 43.4 Å². The summed E-state index contributed by atoms with van der Waals surface area (Å²) in [6.45, 7) is 6.61. The molecule has 0 N–H and O–H groups in total. The molecule has 0 amide bonds. The van der Waals surface area contributed by atoms with E-state index in [2.05, 4.69) is 30.9 Å². The van der Waals surface area contributed by atoms with Gasteiger partial charge < -0.3 is 4.90 Å². The van der Waals surface area contributed by atoms with Gasteiger partial charge in [-0.2, -0.15) is 0 Å². The highest BCUT2D eigenvalue weighted by Crippen LogP contribution is 2.33.